The molecule has 0 radical (unpaired) electrons. The molecule has 2 N–H and O–H groups in total. The maximum atomic E-state index is 13.0. The lowest BCUT2D eigenvalue weighted by atomic mass is 10.2. The highest BCUT2D eigenvalue weighted by molar-refractivity contribution is 5.71. The van der Waals surface area contributed by atoms with Gasteiger partial charge in [0, 0.05) is 19.7 Å². The highest BCUT2D eigenvalue weighted by atomic mass is 16.5. The molecule has 9 heteroatoms. The lowest BCUT2D eigenvalue weighted by molar-refractivity contribution is -0.910. The first-order valence-corrected chi connectivity index (χ1v) is 10.9. The summed E-state index contributed by atoms with van der Waals surface area (Å²) >= 11 is 0. The van der Waals surface area contributed by atoms with Gasteiger partial charge in [0.2, 0.25) is 0 Å². The molecule has 2 aromatic heterocycles. The van der Waals surface area contributed by atoms with E-state index in [2.05, 4.69) is 19.2 Å². The van der Waals surface area contributed by atoms with E-state index in [9.17, 15) is 9.59 Å². The fraction of sp³-hybridized carbons (Fsp3) is 0.500. The van der Waals surface area contributed by atoms with Crippen LogP contribution < -0.4 is 21.0 Å². The number of fused-ring (bicyclic) bond motifs is 1. The summed E-state index contributed by atoms with van der Waals surface area (Å²) in [6.45, 7) is 6.59. The van der Waals surface area contributed by atoms with E-state index in [-0.39, 0.29) is 11.2 Å². The van der Waals surface area contributed by atoms with Crippen LogP contribution in [-0.4, -0.2) is 58.6 Å². The summed E-state index contributed by atoms with van der Waals surface area (Å²) in [5, 5.41) is 0. The van der Waals surface area contributed by atoms with Crippen LogP contribution >= 0.6 is 0 Å². The molecule has 3 aromatic rings. The summed E-state index contributed by atoms with van der Waals surface area (Å²) < 4.78 is 10.2. The third kappa shape index (κ3) is 4.48. The zero-order valence-electron chi connectivity index (χ0n) is 18.6. The Balaban J connectivity index is 1.68. The van der Waals surface area contributed by atoms with Crippen molar-refractivity contribution in [2.75, 3.05) is 39.9 Å². The van der Waals surface area contributed by atoms with E-state index < -0.39 is 0 Å². The zero-order valence-corrected chi connectivity index (χ0v) is 18.6. The number of nitrogens with one attached hydrogen (secondary N) is 2. The Morgan fingerprint density at radius 2 is 1.77 bits per heavy atom. The van der Waals surface area contributed by atoms with Gasteiger partial charge in [-0.15, -0.1) is 0 Å². The van der Waals surface area contributed by atoms with Crippen molar-refractivity contribution in [3.05, 3.63) is 62.6 Å². The molecule has 1 unspecified atom stereocenters. The molecule has 0 bridgehead atoms. The average Bonchev–Trinajstić information content (AvgIpc) is 3.14. The third-order valence-electron chi connectivity index (χ3n) is 6.12. The minimum atomic E-state index is -0.350. The summed E-state index contributed by atoms with van der Waals surface area (Å²) in [4.78, 5) is 33.0. The predicted octanol–water partition coefficient (Wildman–Crippen LogP) is -2.44. The molecule has 1 saturated heterocycles. The minimum absolute atomic E-state index is 0.283. The number of rotatable bonds is 7. The molecule has 1 aliphatic rings. The molecular weight excluding hydrogens is 396 g/mol. The number of aromatic nitrogens is 4. The third-order valence-corrected chi connectivity index (χ3v) is 6.12. The second-order valence-electron chi connectivity index (χ2n) is 8.47. The molecule has 1 atom stereocenters. The fourth-order valence-corrected chi connectivity index (χ4v) is 4.32. The number of hydrogen-bond donors (Lipinski definition) is 2. The van der Waals surface area contributed by atoms with Gasteiger partial charge in [0.1, 0.15) is 26.2 Å². The van der Waals surface area contributed by atoms with Crippen molar-refractivity contribution in [2.24, 2.45) is 14.1 Å². The average molecular weight is 429 g/mol. The maximum absolute atomic E-state index is 13.0. The minimum Gasteiger partial charge on any atom is -0.370 e. The summed E-state index contributed by atoms with van der Waals surface area (Å²) in [5.41, 5.74) is 1.60. The van der Waals surface area contributed by atoms with Crippen molar-refractivity contribution >= 4 is 11.2 Å². The molecule has 9 nitrogen and oxygen atoms in total. The van der Waals surface area contributed by atoms with E-state index in [1.165, 1.54) is 31.5 Å². The second-order valence-corrected chi connectivity index (χ2v) is 8.47. The van der Waals surface area contributed by atoms with E-state index in [1.807, 2.05) is 22.8 Å². The van der Waals surface area contributed by atoms with E-state index >= 15 is 0 Å². The Morgan fingerprint density at radius 3 is 2.48 bits per heavy atom. The molecule has 1 aliphatic heterocycles. The summed E-state index contributed by atoms with van der Waals surface area (Å²) in [6, 6.07) is 10.3. The molecule has 0 saturated carbocycles. The Morgan fingerprint density at radius 1 is 1.06 bits per heavy atom. The maximum Gasteiger partial charge on any atom is 0.332 e. The molecule has 1 aromatic carbocycles. The van der Waals surface area contributed by atoms with Gasteiger partial charge < -0.3 is 19.1 Å². The first-order chi connectivity index (χ1) is 15.0. The zero-order chi connectivity index (χ0) is 22.0. The Labute approximate surface area is 181 Å². The molecule has 166 valence electrons. The Bertz CT molecular complexity index is 1160. The SMILES string of the molecule is Cn1c(=O)c2c(nc(C[NH+](C)Cc3ccccc3)n2CC[NH+]2CCOCC2)n(C)c1=O. The molecule has 1 fully saturated rings. The van der Waals surface area contributed by atoms with Gasteiger partial charge in [-0.1, -0.05) is 30.3 Å². The molecule has 0 spiro atoms. The van der Waals surface area contributed by atoms with Crippen LogP contribution in [0.1, 0.15) is 11.4 Å². The smallest absolute Gasteiger partial charge is 0.332 e. The predicted molar refractivity (Wildman–Crippen MR) is 117 cm³/mol. The normalized spacial score (nSPS) is 16.1. The van der Waals surface area contributed by atoms with Gasteiger partial charge in [-0.25, -0.2) is 9.78 Å². The highest BCUT2D eigenvalue weighted by Crippen LogP contribution is 2.10. The van der Waals surface area contributed by atoms with Crippen molar-refractivity contribution in [1.82, 2.24) is 18.7 Å². The number of hydrogen-bond acceptors (Lipinski definition) is 4. The fourth-order valence-electron chi connectivity index (χ4n) is 4.32. The van der Waals surface area contributed by atoms with Gasteiger partial charge in [-0.05, 0) is 0 Å². The summed E-state index contributed by atoms with van der Waals surface area (Å²) in [5.74, 6) is 0.842. The number of nitrogens with zero attached hydrogens (tertiary/aromatic N) is 4. The highest BCUT2D eigenvalue weighted by Gasteiger charge is 2.23. The van der Waals surface area contributed by atoms with Gasteiger partial charge in [-0.3, -0.25) is 13.9 Å². The largest absolute Gasteiger partial charge is 0.370 e. The molecule has 31 heavy (non-hydrogen) atoms. The molecule has 4 rings (SSSR count). The summed E-state index contributed by atoms with van der Waals surface area (Å²) in [7, 11) is 5.33. The van der Waals surface area contributed by atoms with Gasteiger partial charge >= 0.3 is 5.69 Å². The van der Waals surface area contributed by atoms with Crippen molar-refractivity contribution < 1.29 is 14.5 Å². The molecule has 0 aliphatic carbocycles. The Kier molecular flexibility index (Phi) is 6.35. The summed E-state index contributed by atoms with van der Waals surface area (Å²) in [6.07, 6.45) is 0. The van der Waals surface area contributed by atoms with Crippen LogP contribution in [0.4, 0.5) is 0 Å². The molecular formula is C22H32N6O3+2. The topological polar surface area (TPSA) is 79.9 Å². The second kappa shape index (κ2) is 9.17. The van der Waals surface area contributed by atoms with Crippen LogP contribution in [0.25, 0.3) is 11.2 Å². The van der Waals surface area contributed by atoms with Crippen LogP contribution in [0.15, 0.2) is 39.9 Å². The van der Waals surface area contributed by atoms with Crippen molar-refractivity contribution in [3.63, 3.8) is 0 Å². The van der Waals surface area contributed by atoms with E-state index in [1.54, 1.807) is 7.05 Å². The van der Waals surface area contributed by atoms with Crippen LogP contribution in [0.5, 0.6) is 0 Å². The van der Waals surface area contributed by atoms with Gasteiger partial charge in [-0.2, -0.15) is 0 Å². The lowest BCUT2D eigenvalue weighted by Gasteiger charge is -2.24. The van der Waals surface area contributed by atoms with Gasteiger partial charge in [0.05, 0.1) is 33.4 Å². The van der Waals surface area contributed by atoms with E-state index in [0.717, 1.165) is 45.2 Å². The van der Waals surface area contributed by atoms with Crippen molar-refractivity contribution in [3.8, 4) is 0 Å². The van der Waals surface area contributed by atoms with Crippen LogP contribution in [0.3, 0.4) is 0 Å². The van der Waals surface area contributed by atoms with Crippen LogP contribution in [-0.2, 0) is 38.5 Å². The number of ether oxygens (including phenoxy) is 1. The number of imidazole rings is 1. The standard InChI is InChI=1S/C22H30N6O3/c1-24(15-17-7-5-4-6-8-17)16-18-23-20-19(21(29)26(3)22(30)25(20)2)28(18)10-9-27-11-13-31-14-12-27/h4-8H,9-16H2,1-3H3/p+2. The number of aryl methyl sites for hydroxylation is 1. The van der Waals surface area contributed by atoms with Gasteiger partial charge in [0.15, 0.2) is 17.0 Å². The first-order valence-electron chi connectivity index (χ1n) is 10.9. The van der Waals surface area contributed by atoms with Crippen LogP contribution in [0, 0.1) is 0 Å². The van der Waals surface area contributed by atoms with E-state index in [4.69, 9.17) is 9.72 Å². The van der Waals surface area contributed by atoms with Crippen molar-refractivity contribution in [1.29, 1.82) is 0 Å². The first kappa shape index (κ1) is 21.5. The number of quaternary nitrogens is 2. The van der Waals surface area contributed by atoms with Crippen LogP contribution in [0.2, 0.25) is 0 Å². The number of benzene rings is 1. The van der Waals surface area contributed by atoms with Crippen molar-refractivity contribution in [2.45, 2.75) is 19.6 Å². The quantitative estimate of drug-likeness (QED) is 0.439. The molecule has 0 amide bonds. The lowest BCUT2D eigenvalue weighted by Crippen LogP contribution is -3.14. The number of morpholine rings is 1. The van der Waals surface area contributed by atoms with E-state index in [0.29, 0.717) is 24.3 Å². The molecule has 3 heterocycles. The monoisotopic (exact) mass is 428 g/mol. The van der Waals surface area contributed by atoms with Gasteiger partial charge in [0.25, 0.3) is 5.56 Å². The Hall–Kier alpha value is -2.75.